The zero-order valence-electron chi connectivity index (χ0n) is 10.0. The van der Waals surface area contributed by atoms with Gasteiger partial charge in [0, 0.05) is 24.5 Å². The number of aryl methyl sites for hydroxylation is 1. The van der Waals surface area contributed by atoms with Gasteiger partial charge in [-0.3, -0.25) is 0 Å². The normalized spacial score (nSPS) is 15.9. The van der Waals surface area contributed by atoms with Gasteiger partial charge in [0.05, 0.1) is 18.2 Å². The van der Waals surface area contributed by atoms with Crippen LogP contribution in [0.1, 0.15) is 34.7 Å². The van der Waals surface area contributed by atoms with Crippen LogP contribution in [0.25, 0.3) is 0 Å². The fourth-order valence-electron chi connectivity index (χ4n) is 2.21. The first-order chi connectivity index (χ1) is 7.65. The Labute approximate surface area is 95.6 Å². The van der Waals surface area contributed by atoms with E-state index in [4.69, 9.17) is 4.74 Å². The average Bonchev–Trinajstić information content (AvgIpc) is 2.44. The molecule has 1 N–H and O–H groups in total. The second kappa shape index (κ2) is 4.29. The van der Waals surface area contributed by atoms with Crippen LogP contribution in [0.2, 0.25) is 0 Å². The third-order valence-corrected chi connectivity index (χ3v) is 3.10. The van der Waals surface area contributed by atoms with E-state index >= 15 is 0 Å². The quantitative estimate of drug-likeness (QED) is 0.787. The number of hydrogen-bond donors (Lipinski definition) is 1. The van der Waals surface area contributed by atoms with Gasteiger partial charge in [-0.2, -0.15) is 0 Å². The lowest BCUT2D eigenvalue weighted by Crippen LogP contribution is -2.44. The van der Waals surface area contributed by atoms with Crippen molar-refractivity contribution in [1.82, 2.24) is 9.88 Å². The predicted octanol–water partition coefficient (Wildman–Crippen LogP) is 1.43. The number of carbonyl (C=O) groups is 1. The van der Waals surface area contributed by atoms with Crippen molar-refractivity contribution in [3.63, 3.8) is 0 Å². The van der Waals surface area contributed by atoms with Crippen molar-refractivity contribution in [1.29, 1.82) is 0 Å². The second-order valence-corrected chi connectivity index (χ2v) is 4.19. The molecular weight excluding hydrogens is 204 g/mol. The van der Waals surface area contributed by atoms with Gasteiger partial charge in [-0.05, 0) is 26.8 Å². The van der Waals surface area contributed by atoms with E-state index in [9.17, 15) is 4.79 Å². The highest BCUT2D eigenvalue weighted by Crippen LogP contribution is 2.23. The zero-order chi connectivity index (χ0) is 11.7. The van der Waals surface area contributed by atoms with E-state index in [1.54, 1.807) is 0 Å². The number of hydrogen-bond acceptors (Lipinski definition) is 3. The predicted molar refractivity (Wildman–Crippen MR) is 61.8 cm³/mol. The minimum atomic E-state index is -0.214. The van der Waals surface area contributed by atoms with Crippen LogP contribution in [0.15, 0.2) is 6.07 Å². The first kappa shape index (κ1) is 11.2. The zero-order valence-corrected chi connectivity index (χ0v) is 10.0. The molecule has 0 spiro atoms. The van der Waals surface area contributed by atoms with Crippen LogP contribution in [-0.4, -0.2) is 30.2 Å². The Kier molecular flexibility index (Phi) is 3.01. The van der Waals surface area contributed by atoms with Crippen molar-refractivity contribution in [2.24, 2.45) is 0 Å². The van der Waals surface area contributed by atoms with E-state index in [-0.39, 0.29) is 5.97 Å². The molecule has 1 fully saturated rings. The highest BCUT2D eigenvalue weighted by atomic mass is 16.5. The molecule has 2 rings (SSSR count). The molecule has 1 aromatic rings. The lowest BCUT2D eigenvalue weighted by molar-refractivity contribution is 0.0525. The summed E-state index contributed by atoms with van der Waals surface area (Å²) in [7, 11) is 0. The molecule has 0 aromatic carbocycles. The summed E-state index contributed by atoms with van der Waals surface area (Å²) in [4.78, 5) is 11.7. The SMILES string of the molecule is CCOC(=O)c1cc(C)n(C2CNC2)c1C. The summed E-state index contributed by atoms with van der Waals surface area (Å²) in [5, 5.41) is 3.24. The van der Waals surface area contributed by atoms with Crippen molar-refractivity contribution in [3.8, 4) is 0 Å². The molecule has 4 nitrogen and oxygen atoms in total. The van der Waals surface area contributed by atoms with Crippen molar-refractivity contribution >= 4 is 5.97 Å². The minimum absolute atomic E-state index is 0.214. The molecule has 0 unspecified atom stereocenters. The van der Waals surface area contributed by atoms with Gasteiger partial charge in [-0.15, -0.1) is 0 Å². The number of esters is 1. The lowest BCUT2D eigenvalue weighted by Gasteiger charge is -2.31. The van der Waals surface area contributed by atoms with Crippen molar-refractivity contribution < 1.29 is 9.53 Å². The van der Waals surface area contributed by atoms with Crippen LogP contribution in [-0.2, 0) is 4.74 Å². The number of aromatic nitrogens is 1. The number of carbonyl (C=O) groups excluding carboxylic acids is 1. The molecule has 0 radical (unpaired) electrons. The highest BCUT2D eigenvalue weighted by molar-refractivity contribution is 5.91. The van der Waals surface area contributed by atoms with Gasteiger partial charge in [-0.25, -0.2) is 4.79 Å². The Bertz CT molecular complexity index is 405. The van der Waals surface area contributed by atoms with Gasteiger partial charge in [-0.1, -0.05) is 0 Å². The maximum atomic E-state index is 11.7. The van der Waals surface area contributed by atoms with Gasteiger partial charge in [0.1, 0.15) is 0 Å². The van der Waals surface area contributed by atoms with Crippen LogP contribution in [0.5, 0.6) is 0 Å². The van der Waals surface area contributed by atoms with Crippen molar-refractivity contribution in [2.75, 3.05) is 19.7 Å². The molecule has 0 aliphatic carbocycles. The molecule has 0 amide bonds. The Morgan fingerprint density at radius 2 is 2.25 bits per heavy atom. The number of nitrogens with zero attached hydrogens (tertiary/aromatic N) is 1. The molecule has 1 aromatic heterocycles. The van der Waals surface area contributed by atoms with Crippen molar-refractivity contribution in [2.45, 2.75) is 26.8 Å². The molecule has 2 heterocycles. The first-order valence-corrected chi connectivity index (χ1v) is 5.71. The summed E-state index contributed by atoms with van der Waals surface area (Å²) >= 11 is 0. The van der Waals surface area contributed by atoms with E-state index in [1.165, 1.54) is 0 Å². The summed E-state index contributed by atoms with van der Waals surface area (Å²) in [6.07, 6.45) is 0. The first-order valence-electron chi connectivity index (χ1n) is 5.71. The average molecular weight is 222 g/mol. The molecule has 1 aliphatic heterocycles. The lowest BCUT2D eigenvalue weighted by atomic mass is 10.1. The van der Waals surface area contributed by atoms with Gasteiger partial charge < -0.3 is 14.6 Å². The topological polar surface area (TPSA) is 43.3 Å². The highest BCUT2D eigenvalue weighted by Gasteiger charge is 2.25. The van der Waals surface area contributed by atoms with E-state index in [0.717, 1.165) is 24.5 Å². The molecule has 1 aliphatic rings. The summed E-state index contributed by atoms with van der Waals surface area (Å²) in [6, 6.07) is 2.41. The monoisotopic (exact) mass is 222 g/mol. The Balaban J connectivity index is 2.30. The molecule has 1 saturated heterocycles. The van der Waals surface area contributed by atoms with Crippen LogP contribution >= 0.6 is 0 Å². The number of nitrogens with one attached hydrogen (secondary N) is 1. The molecular formula is C12H18N2O2. The van der Waals surface area contributed by atoms with Gasteiger partial charge in [0.2, 0.25) is 0 Å². The minimum Gasteiger partial charge on any atom is -0.462 e. The standard InChI is InChI=1S/C12H18N2O2/c1-4-16-12(15)11-5-8(2)14(9(11)3)10-6-13-7-10/h5,10,13H,4,6-7H2,1-3H3. The van der Waals surface area contributed by atoms with Crippen LogP contribution in [0, 0.1) is 13.8 Å². The summed E-state index contributed by atoms with van der Waals surface area (Å²) < 4.78 is 7.27. The van der Waals surface area contributed by atoms with E-state index in [0.29, 0.717) is 18.2 Å². The van der Waals surface area contributed by atoms with Gasteiger partial charge in [0.25, 0.3) is 0 Å². The molecule has 0 atom stereocenters. The Hall–Kier alpha value is -1.29. The van der Waals surface area contributed by atoms with E-state index in [1.807, 2.05) is 26.8 Å². The van der Waals surface area contributed by atoms with E-state index < -0.39 is 0 Å². The van der Waals surface area contributed by atoms with Gasteiger partial charge in [0.15, 0.2) is 0 Å². The fraction of sp³-hybridized carbons (Fsp3) is 0.583. The second-order valence-electron chi connectivity index (χ2n) is 4.19. The maximum Gasteiger partial charge on any atom is 0.339 e. The third kappa shape index (κ3) is 1.73. The Morgan fingerprint density at radius 3 is 2.75 bits per heavy atom. The van der Waals surface area contributed by atoms with Crippen molar-refractivity contribution in [3.05, 3.63) is 23.0 Å². The summed E-state index contributed by atoms with van der Waals surface area (Å²) in [5.41, 5.74) is 2.85. The summed E-state index contributed by atoms with van der Waals surface area (Å²) in [5.74, 6) is -0.214. The summed E-state index contributed by atoms with van der Waals surface area (Å²) in [6.45, 7) is 8.24. The molecule has 16 heavy (non-hydrogen) atoms. The number of ether oxygens (including phenoxy) is 1. The Morgan fingerprint density at radius 1 is 1.56 bits per heavy atom. The molecule has 4 heteroatoms. The fourth-order valence-corrected chi connectivity index (χ4v) is 2.21. The molecule has 0 bridgehead atoms. The van der Waals surface area contributed by atoms with E-state index in [2.05, 4.69) is 9.88 Å². The smallest absolute Gasteiger partial charge is 0.339 e. The largest absolute Gasteiger partial charge is 0.462 e. The maximum absolute atomic E-state index is 11.7. The molecule has 88 valence electrons. The van der Waals surface area contributed by atoms with Crippen LogP contribution < -0.4 is 5.32 Å². The van der Waals surface area contributed by atoms with Crippen LogP contribution in [0.3, 0.4) is 0 Å². The molecule has 0 saturated carbocycles. The third-order valence-electron chi connectivity index (χ3n) is 3.10. The van der Waals surface area contributed by atoms with Crippen LogP contribution in [0.4, 0.5) is 0 Å². The number of rotatable bonds is 3. The van der Waals surface area contributed by atoms with Gasteiger partial charge >= 0.3 is 5.97 Å².